The van der Waals surface area contributed by atoms with E-state index in [4.69, 9.17) is 5.11 Å². The van der Waals surface area contributed by atoms with E-state index in [1.807, 2.05) is 6.92 Å². The zero-order valence-electron chi connectivity index (χ0n) is 11.2. The van der Waals surface area contributed by atoms with Crippen molar-refractivity contribution in [2.24, 2.45) is 0 Å². The van der Waals surface area contributed by atoms with E-state index in [-0.39, 0.29) is 11.3 Å². The van der Waals surface area contributed by atoms with Gasteiger partial charge in [-0.2, -0.15) is 0 Å². The van der Waals surface area contributed by atoms with Gasteiger partial charge < -0.3 is 15.7 Å². The highest BCUT2D eigenvalue weighted by atomic mass is 32.2. The molecule has 0 spiro atoms. The molecule has 1 saturated heterocycles. The Morgan fingerprint density at radius 3 is 2.58 bits per heavy atom. The van der Waals surface area contributed by atoms with Gasteiger partial charge >= 0.3 is 12.0 Å². The lowest BCUT2D eigenvalue weighted by molar-refractivity contribution is -0.141. The van der Waals surface area contributed by atoms with Crippen molar-refractivity contribution in [2.75, 3.05) is 12.8 Å². The number of urea groups is 1. The van der Waals surface area contributed by atoms with Crippen molar-refractivity contribution in [3.63, 3.8) is 0 Å². The van der Waals surface area contributed by atoms with Crippen LogP contribution < -0.4 is 10.6 Å². The summed E-state index contributed by atoms with van der Waals surface area (Å²) in [6, 6.07) is -2.05. The van der Waals surface area contributed by atoms with Crippen LogP contribution in [0.5, 0.6) is 0 Å². The minimum Gasteiger partial charge on any atom is -0.480 e. The molecule has 8 heteroatoms. The Labute approximate surface area is 116 Å². The number of nitrogens with one attached hydrogen (secondary N) is 2. The highest BCUT2D eigenvalue weighted by Gasteiger charge is 2.41. The van der Waals surface area contributed by atoms with Crippen LogP contribution in [0.15, 0.2) is 0 Å². The third-order valence-corrected chi connectivity index (χ3v) is 4.39. The van der Waals surface area contributed by atoms with Gasteiger partial charge in [0.15, 0.2) is 0 Å². The van der Waals surface area contributed by atoms with Crippen molar-refractivity contribution in [1.29, 1.82) is 0 Å². The molecule has 1 heterocycles. The molecule has 7 nitrogen and oxygen atoms in total. The minimum absolute atomic E-state index is 0.169. The van der Waals surface area contributed by atoms with Crippen LogP contribution in [-0.4, -0.2) is 58.2 Å². The average molecular weight is 289 g/mol. The summed E-state index contributed by atoms with van der Waals surface area (Å²) in [5.41, 5.74) is 0. The van der Waals surface area contributed by atoms with Gasteiger partial charge in [-0.05, 0) is 13.3 Å². The standard InChI is InChI=1S/C11H19N3O4S/c1-4-8-14(7(5-19-8)10(16)17)11(18)13-6(2)9(15)12-3/h6-8H,4-5H2,1-3H3,(H,12,15)(H,13,18)(H,16,17). The molecule has 1 aliphatic heterocycles. The number of nitrogens with zero attached hydrogens (tertiary/aromatic N) is 1. The van der Waals surface area contributed by atoms with Gasteiger partial charge in [0, 0.05) is 12.8 Å². The zero-order chi connectivity index (χ0) is 14.6. The second kappa shape index (κ2) is 6.65. The van der Waals surface area contributed by atoms with E-state index in [9.17, 15) is 14.4 Å². The van der Waals surface area contributed by atoms with Gasteiger partial charge in [-0.25, -0.2) is 9.59 Å². The molecule has 0 aromatic carbocycles. The lowest BCUT2D eigenvalue weighted by atomic mass is 10.2. The molecule has 1 rings (SSSR count). The van der Waals surface area contributed by atoms with E-state index in [2.05, 4.69) is 10.6 Å². The van der Waals surface area contributed by atoms with Crippen molar-refractivity contribution in [2.45, 2.75) is 37.7 Å². The average Bonchev–Trinajstić information content (AvgIpc) is 2.81. The number of carboxylic acid groups (broad SMARTS) is 1. The van der Waals surface area contributed by atoms with Crippen LogP contribution >= 0.6 is 11.8 Å². The maximum absolute atomic E-state index is 12.1. The van der Waals surface area contributed by atoms with E-state index in [1.54, 1.807) is 6.92 Å². The third kappa shape index (κ3) is 3.52. The molecule has 0 aromatic heterocycles. The fourth-order valence-electron chi connectivity index (χ4n) is 1.88. The summed E-state index contributed by atoms with van der Waals surface area (Å²) in [6.07, 6.45) is 0.663. The normalized spacial score (nSPS) is 23.8. The van der Waals surface area contributed by atoms with E-state index >= 15 is 0 Å². The number of hydrogen-bond donors (Lipinski definition) is 3. The van der Waals surface area contributed by atoms with Crippen LogP contribution in [0.2, 0.25) is 0 Å². The lowest BCUT2D eigenvalue weighted by Gasteiger charge is -2.28. The lowest BCUT2D eigenvalue weighted by Crippen LogP contribution is -2.54. The van der Waals surface area contributed by atoms with Crippen LogP contribution in [-0.2, 0) is 9.59 Å². The molecule has 0 saturated carbocycles. The summed E-state index contributed by atoms with van der Waals surface area (Å²) < 4.78 is 0. The van der Waals surface area contributed by atoms with E-state index < -0.39 is 24.1 Å². The largest absolute Gasteiger partial charge is 0.480 e. The summed E-state index contributed by atoms with van der Waals surface area (Å²) in [6.45, 7) is 3.45. The number of rotatable bonds is 4. The van der Waals surface area contributed by atoms with Gasteiger partial charge in [0.2, 0.25) is 5.91 Å². The number of likely N-dealkylation sites (N-methyl/N-ethyl adjacent to an activating group) is 1. The second-order valence-corrected chi connectivity index (χ2v) is 5.45. The Balaban J connectivity index is 2.76. The molecule has 3 atom stereocenters. The first-order valence-corrected chi connectivity index (χ1v) is 7.12. The van der Waals surface area contributed by atoms with Crippen molar-refractivity contribution in [3.8, 4) is 0 Å². The fraction of sp³-hybridized carbons (Fsp3) is 0.727. The predicted octanol–water partition coefficient (Wildman–Crippen LogP) is 0.0686. The first kappa shape index (κ1) is 15.6. The fourth-order valence-corrected chi connectivity index (χ4v) is 3.23. The minimum atomic E-state index is -1.02. The predicted molar refractivity (Wildman–Crippen MR) is 71.9 cm³/mol. The molecule has 0 aromatic rings. The number of hydrogen-bond acceptors (Lipinski definition) is 4. The van der Waals surface area contributed by atoms with Gasteiger partial charge in [-0.1, -0.05) is 6.92 Å². The van der Waals surface area contributed by atoms with Crippen molar-refractivity contribution < 1.29 is 19.5 Å². The monoisotopic (exact) mass is 289 g/mol. The van der Waals surface area contributed by atoms with Gasteiger partial charge in [0.1, 0.15) is 12.1 Å². The molecule has 108 valence electrons. The highest BCUT2D eigenvalue weighted by molar-refractivity contribution is 8.00. The molecule has 3 N–H and O–H groups in total. The Kier molecular flexibility index (Phi) is 5.46. The number of amides is 3. The molecular weight excluding hydrogens is 270 g/mol. The Morgan fingerprint density at radius 1 is 1.47 bits per heavy atom. The number of aliphatic carboxylic acids is 1. The van der Waals surface area contributed by atoms with Gasteiger partial charge in [0.05, 0.1) is 5.37 Å². The third-order valence-electron chi connectivity index (χ3n) is 2.94. The van der Waals surface area contributed by atoms with E-state index in [1.165, 1.54) is 23.7 Å². The maximum Gasteiger partial charge on any atom is 0.327 e. The molecule has 0 radical (unpaired) electrons. The van der Waals surface area contributed by atoms with Gasteiger partial charge in [-0.15, -0.1) is 11.8 Å². The van der Waals surface area contributed by atoms with Gasteiger partial charge in [-0.3, -0.25) is 9.69 Å². The second-order valence-electron chi connectivity index (χ2n) is 4.24. The Bertz CT molecular complexity index is 377. The zero-order valence-corrected chi connectivity index (χ0v) is 12.0. The van der Waals surface area contributed by atoms with Crippen LogP contribution in [0.1, 0.15) is 20.3 Å². The molecule has 3 unspecified atom stereocenters. The van der Waals surface area contributed by atoms with Crippen molar-refractivity contribution in [1.82, 2.24) is 15.5 Å². The number of carboxylic acids is 1. The number of thioether (sulfide) groups is 1. The van der Waals surface area contributed by atoms with Crippen LogP contribution in [0, 0.1) is 0 Å². The molecule has 19 heavy (non-hydrogen) atoms. The van der Waals surface area contributed by atoms with Crippen LogP contribution in [0.4, 0.5) is 4.79 Å². The SMILES string of the molecule is CCC1SCC(C(=O)O)N1C(=O)NC(C)C(=O)NC. The Hall–Kier alpha value is -1.44. The molecule has 1 aliphatic rings. The van der Waals surface area contributed by atoms with Crippen molar-refractivity contribution in [3.05, 3.63) is 0 Å². The van der Waals surface area contributed by atoms with Crippen LogP contribution in [0.25, 0.3) is 0 Å². The summed E-state index contributed by atoms with van der Waals surface area (Å²) in [5, 5.41) is 13.9. The topological polar surface area (TPSA) is 98.7 Å². The summed E-state index contributed by atoms with van der Waals surface area (Å²) in [7, 11) is 1.48. The smallest absolute Gasteiger partial charge is 0.327 e. The quantitative estimate of drug-likeness (QED) is 0.680. The highest BCUT2D eigenvalue weighted by Crippen LogP contribution is 2.31. The number of carbonyl (C=O) groups excluding carboxylic acids is 2. The summed E-state index contributed by atoms with van der Waals surface area (Å²) in [5.74, 6) is -0.971. The first-order chi connectivity index (χ1) is 8.92. The van der Waals surface area contributed by atoms with Crippen molar-refractivity contribution >= 4 is 29.7 Å². The Morgan fingerprint density at radius 2 is 2.11 bits per heavy atom. The molecule has 1 fully saturated rings. The summed E-state index contributed by atoms with van der Waals surface area (Å²) in [4.78, 5) is 35.9. The van der Waals surface area contributed by atoms with Gasteiger partial charge in [0.25, 0.3) is 0 Å². The first-order valence-electron chi connectivity index (χ1n) is 6.07. The molecule has 3 amide bonds. The van der Waals surface area contributed by atoms with E-state index in [0.29, 0.717) is 12.2 Å². The molecular formula is C11H19N3O4S. The van der Waals surface area contributed by atoms with Crippen LogP contribution in [0.3, 0.4) is 0 Å². The number of carbonyl (C=O) groups is 3. The summed E-state index contributed by atoms with van der Waals surface area (Å²) >= 11 is 1.44. The maximum atomic E-state index is 12.1. The molecule has 0 aliphatic carbocycles. The van der Waals surface area contributed by atoms with E-state index in [0.717, 1.165) is 0 Å². The molecule has 0 bridgehead atoms.